The summed E-state index contributed by atoms with van der Waals surface area (Å²) in [5, 5.41) is 3.43. The minimum absolute atomic E-state index is 0.255. The van der Waals surface area contributed by atoms with Gasteiger partial charge in [0.15, 0.2) is 0 Å². The fraction of sp³-hybridized carbons (Fsp3) is 0.650. The predicted octanol–water partition coefficient (Wildman–Crippen LogP) is 3.76. The Morgan fingerprint density at radius 2 is 1.96 bits per heavy atom. The maximum atomic E-state index is 13.1. The molecule has 1 amide bonds. The zero-order valence-electron chi connectivity index (χ0n) is 14.8. The number of benzene rings is 1. The minimum atomic E-state index is 0.255. The summed E-state index contributed by atoms with van der Waals surface area (Å²) in [5.41, 5.74) is 3.52. The lowest BCUT2D eigenvalue weighted by atomic mass is 9.85. The van der Waals surface area contributed by atoms with Crippen molar-refractivity contribution in [1.29, 1.82) is 0 Å². The van der Waals surface area contributed by atoms with Crippen LogP contribution in [-0.2, 0) is 0 Å². The first-order valence-corrected chi connectivity index (χ1v) is 9.20. The van der Waals surface area contributed by atoms with E-state index in [-0.39, 0.29) is 5.91 Å². The van der Waals surface area contributed by atoms with Gasteiger partial charge in [0, 0.05) is 18.7 Å². The van der Waals surface area contributed by atoms with E-state index >= 15 is 0 Å². The summed E-state index contributed by atoms with van der Waals surface area (Å²) in [5.74, 6) is 1.87. The molecular weight excluding hydrogens is 284 g/mol. The van der Waals surface area contributed by atoms with Gasteiger partial charge in [-0.2, -0.15) is 0 Å². The van der Waals surface area contributed by atoms with E-state index in [0.717, 1.165) is 51.0 Å². The number of carbonyl (C=O) groups excluding carboxylic acids is 1. The molecule has 1 N–H and O–H groups in total. The lowest BCUT2D eigenvalue weighted by Gasteiger charge is -2.27. The molecule has 126 valence electrons. The zero-order chi connectivity index (χ0) is 16.4. The Labute approximate surface area is 140 Å². The lowest BCUT2D eigenvalue weighted by Crippen LogP contribution is -2.31. The molecule has 23 heavy (non-hydrogen) atoms. The molecule has 3 rings (SSSR count). The van der Waals surface area contributed by atoms with Crippen molar-refractivity contribution in [2.45, 2.75) is 51.9 Å². The molecule has 3 nitrogen and oxygen atoms in total. The van der Waals surface area contributed by atoms with E-state index in [2.05, 4.69) is 49.2 Å². The third-order valence-electron chi connectivity index (χ3n) is 5.46. The molecular formula is C20H30N2O. The number of likely N-dealkylation sites (tertiary alicyclic amines) is 1. The van der Waals surface area contributed by atoms with Crippen LogP contribution in [0.1, 0.15) is 73.4 Å². The largest absolute Gasteiger partial charge is 0.338 e. The average Bonchev–Trinajstić information content (AvgIpc) is 3.01. The van der Waals surface area contributed by atoms with Crippen molar-refractivity contribution in [3.8, 4) is 0 Å². The van der Waals surface area contributed by atoms with Crippen molar-refractivity contribution >= 4 is 5.91 Å². The molecule has 1 atom stereocenters. The van der Waals surface area contributed by atoms with E-state index in [0.29, 0.717) is 17.8 Å². The number of carbonyl (C=O) groups is 1. The molecule has 1 aromatic carbocycles. The Balaban J connectivity index is 1.93. The molecule has 2 aliphatic heterocycles. The smallest absolute Gasteiger partial charge is 0.254 e. The zero-order valence-corrected chi connectivity index (χ0v) is 14.8. The standard InChI is InChI=1S/C20H30N2O/c1-14(2)17-4-5-18(16-6-9-21-10-7-16)19(12-17)20(23)22-11-8-15(3)13-22/h4-5,12,14-16,21H,6-11,13H2,1-3H3. The lowest BCUT2D eigenvalue weighted by molar-refractivity contribution is 0.0786. The fourth-order valence-corrected chi connectivity index (χ4v) is 3.90. The van der Waals surface area contributed by atoms with Crippen LogP contribution in [0.2, 0.25) is 0 Å². The van der Waals surface area contributed by atoms with Gasteiger partial charge in [0.2, 0.25) is 0 Å². The van der Waals surface area contributed by atoms with E-state index in [1.807, 2.05) is 0 Å². The van der Waals surface area contributed by atoms with Crippen LogP contribution in [0.5, 0.6) is 0 Å². The molecule has 1 unspecified atom stereocenters. The molecule has 2 saturated heterocycles. The molecule has 2 fully saturated rings. The highest BCUT2D eigenvalue weighted by Crippen LogP contribution is 2.32. The minimum Gasteiger partial charge on any atom is -0.338 e. The Kier molecular flexibility index (Phi) is 5.05. The number of amides is 1. The Hall–Kier alpha value is -1.35. The molecule has 0 saturated carbocycles. The van der Waals surface area contributed by atoms with Gasteiger partial charge in [0.1, 0.15) is 0 Å². The van der Waals surface area contributed by atoms with Gasteiger partial charge >= 0.3 is 0 Å². The second-order valence-corrected chi connectivity index (χ2v) is 7.67. The second-order valence-electron chi connectivity index (χ2n) is 7.67. The molecule has 0 aliphatic carbocycles. The van der Waals surface area contributed by atoms with Gasteiger partial charge in [-0.3, -0.25) is 4.79 Å². The number of rotatable bonds is 3. The number of piperidine rings is 1. The van der Waals surface area contributed by atoms with Crippen LogP contribution >= 0.6 is 0 Å². The highest BCUT2D eigenvalue weighted by molar-refractivity contribution is 5.96. The molecule has 3 heteroatoms. The van der Waals surface area contributed by atoms with Gasteiger partial charge in [-0.15, -0.1) is 0 Å². The van der Waals surface area contributed by atoms with Crippen LogP contribution in [0.3, 0.4) is 0 Å². The van der Waals surface area contributed by atoms with E-state index < -0.39 is 0 Å². The van der Waals surface area contributed by atoms with Crippen molar-refractivity contribution in [2.75, 3.05) is 26.2 Å². The highest BCUT2D eigenvalue weighted by atomic mass is 16.2. The first kappa shape index (κ1) is 16.5. The summed E-state index contributed by atoms with van der Waals surface area (Å²) in [6, 6.07) is 6.64. The van der Waals surface area contributed by atoms with Crippen LogP contribution in [0.25, 0.3) is 0 Å². The quantitative estimate of drug-likeness (QED) is 0.921. The van der Waals surface area contributed by atoms with E-state index in [1.165, 1.54) is 11.1 Å². The molecule has 2 heterocycles. The van der Waals surface area contributed by atoms with Crippen LogP contribution in [-0.4, -0.2) is 37.0 Å². The van der Waals surface area contributed by atoms with Crippen LogP contribution in [0, 0.1) is 5.92 Å². The Morgan fingerprint density at radius 1 is 1.22 bits per heavy atom. The molecule has 1 aromatic rings. The van der Waals surface area contributed by atoms with Crippen LogP contribution < -0.4 is 5.32 Å². The Bertz CT molecular complexity index is 561. The predicted molar refractivity (Wildman–Crippen MR) is 95.1 cm³/mol. The molecule has 2 aliphatic rings. The summed E-state index contributed by atoms with van der Waals surface area (Å²) < 4.78 is 0. The maximum absolute atomic E-state index is 13.1. The van der Waals surface area contributed by atoms with Crippen molar-refractivity contribution in [2.24, 2.45) is 5.92 Å². The molecule has 0 spiro atoms. The van der Waals surface area contributed by atoms with E-state index in [9.17, 15) is 4.79 Å². The summed E-state index contributed by atoms with van der Waals surface area (Å²) in [4.78, 5) is 15.2. The van der Waals surface area contributed by atoms with Crippen LogP contribution in [0.4, 0.5) is 0 Å². The monoisotopic (exact) mass is 314 g/mol. The third-order valence-corrected chi connectivity index (χ3v) is 5.46. The SMILES string of the molecule is CC1CCN(C(=O)c2cc(C(C)C)ccc2C2CCNCC2)C1. The first-order valence-electron chi connectivity index (χ1n) is 9.20. The number of nitrogens with zero attached hydrogens (tertiary/aromatic N) is 1. The molecule has 0 bridgehead atoms. The number of hydrogen-bond donors (Lipinski definition) is 1. The summed E-state index contributed by atoms with van der Waals surface area (Å²) in [6.45, 7) is 10.6. The number of hydrogen-bond acceptors (Lipinski definition) is 2. The summed E-state index contributed by atoms with van der Waals surface area (Å²) in [7, 11) is 0. The van der Waals surface area contributed by atoms with Gasteiger partial charge in [-0.05, 0) is 67.3 Å². The second kappa shape index (κ2) is 7.04. The topological polar surface area (TPSA) is 32.3 Å². The summed E-state index contributed by atoms with van der Waals surface area (Å²) >= 11 is 0. The van der Waals surface area contributed by atoms with Gasteiger partial charge in [0.05, 0.1) is 0 Å². The fourth-order valence-electron chi connectivity index (χ4n) is 3.90. The van der Waals surface area contributed by atoms with Crippen LogP contribution in [0.15, 0.2) is 18.2 Å². The highest BCUT2D eigenvalue weighted by Gasteiger charge is 2.28. The van der Waals surface area contributed by atoms with E-state index in [1.54, 1.807) is 0 Å². The Morgan fingerprint density at radius 3 is 2.57 bits per heavy atom. The summed E-state index contributed by atoms with van der Waals surface area (Å²) in [6.07, 6.45) is 3.41. The normalized spacial score (nSPS) is 22.8. The third kappa shape index (κ3) is 3.60. The van der Waals surface area contributed by atoms with Gasteiger partial charge in [-0.1, -0.05) is 32.9 Å². The number of nitrogens with one attached hydrogen (secondary N) is 1. The average molecular weight is 314 g/mol. The van der Waals surface area contributed by atoms with Crippen molar-refractivity contribution in [1.82, 2.24) is 10.2 Å². The van der Waals surface area contributed by atoms with Gasteiger partial charge < -0.3 is 10.2 Å². The molecule has 0 aromatic heterocycles. The van der Waals surface area contributed by atoms with Crippen molar-refractivity contribution in [3.05, 3.63) is 34.9 Å². The van der Waals surface area contributed by atoms with E-state index in [4.69, 9.17) is 0 Å². The van der Waals surface area contributed by atoms with Crippen molar-refractivity contribution in [3.63, 3.8) is 0 Å². The first-order chi connectivity index (χ1) is 11.1. The van der Waals surface area contributed by atoms with Gasteiger partial charge in [0.25, 0.3) is 5.91 Å². The van der Waals surface area contributed by atoms with Crippen molar-refractivity contribution < 1.29 is 4.79 Å². The van der Waals surface area contributed by atoms with Gasteiger partial charge in [-0.25, -0.2) is 0 Å². The maximum Gasteiger partial charge on any atom is 0.254 e. The molecule has 0 radical (unpaired) electrons.